The molecule has 19 heavy (non-hydrogen) atoms. The SMILES string of the molecule is CN1[C@H]2CC[C@H]1CC(OC(=O)c1ccc(Cl)cc1)C2. The minimum absolute atomic E-state index is 0.0666. The molecule has 2 heterocycles. The van der Waals surface area contributed by atoms with Gasteiger partial charge >= 0.3 is 5.97 Å². The molecule has 1 aromatic carbocycles. The Balaban J connectivity index is 1.63. The second kappa shape index (κ2) is 5.14. The van der Waals surface area contributed by atoms with Crippen LogP contribution in [0.3, 0.4) is 0 Å². The van der Waals surface area contributed by atoms with E-state index in [2.05, 4.69) is 11.9 Å². The maximum absolute atomic E-state index is 12.1. The summed E-state index contributed by atoms with van der Waals surface area (Å²) in [6.07, 6.45) is 4.46. The van der Waals surface area contributed by atoms with Crippen LogP contribution in [0.15, 0.2) is 24.3 Å². The normalized spacial score (nSPS) is 30.3. The summed E-state index contributed by atoms with van der Waals surface area (Å²) in [5.41, 5.74) is 0.579. The van der Waals surface area contributed by atoms with Gasteiger partial charge in [-0.2, -0.15) is 0 Å². The number of nitrogens with zero attached hydrogens (tertiary/aromatic N) is 1. The van der Waals surface area contributed by atoms with E-state index < -0.39 is 0 Å². The lowest BCUT2D eigenvalue weighted by molar-refractivity contribution is -0.000446. The molecular weight excluding hydrogens is 262 g/mol. The van der Waals surface area contributed by atoms with Crippen LogP contribution >= 0.6 is 11.6 Å². The van der Waals surface area contributed by atoms with Crippen molar-refractivity contribution >= 4 is 17.6 Å². The van der Waals surface area contributed by atoms with Gasteiger partial charge in [0.05, 0.1) is 5.56 Å². The van der Waals surface area contributed by atoms with Gasteiger partial charge in [-0.1, -0.05) is 11.6 Å². The summed E-state index contributed by atoms with van der Waals surface area (Å²) in [4.78, 5) is 14.5. The number of carbonyl (C=O) groups is 1. The lowest BCUT2D eigenvalue weighted by atomic mass is 10.0. The van der Waals surface area contributed by atoms with E-state index in [0.29, 0.717) is 22.7 Å². The van der Waals surface area contributed by atoms with E-state index in [1.54, 1.807) is 24.3 Å². The maximum atomic E-state index is 12.1. The summed E-state index contributed by atoms with van der Waals surface area (Å²) in [6.45, 7) is 0. The lowest BCUT2D eigenvalue weighted by Crippen LogP contribution is -2.43. The molecule has 102 valence electrons. The van der Waals surface area contributed by atoms with Crippen molar-refractivity contribution in [1.29, 1.82) is 0 Å². The Labute approximate surface area is 118 Å². The quantitative estimate of drug-likeness (QED) is 0.779. The number of rotatable bonds is 2. The fourth-order valence-electron chi connectivity index (χ4n) is 3.26. The van der Waals surface area contributed by atoms with Gasteiger partial charge in [-0.25, -0.2) is 4.79 Å². The average molecular weight is 280 g/mol. The Kier molecular flexibility index (Phi) is 3.50. The van der Waals surface area contributed by atoms with Crippen LogP contribution in [0, 0.1) is 0 Å². The third kappa shape index (κ3) is 2.63. The highest BCUT2D eigenvalue weighted by Crippen LogP contribution is 2.35. The minimum Gasteiger partial charge on any atom is -0.459 e. The smallest absolute Gasteiger partial charge is 0.338 e. The Morgan fingerprint density at radius 1 is 1.21 bits per heavy atom. The molecule has 2 aliphatic rings. The molecule has 0 aromatic heterocycles. The molecule has 3 rings (SSSR count). The molecule has 2 bridgehead atoms. The van der Waals surface area contributed by atoms with Gasteiger partial charge in [0.25, 0.3) is 0 Å². The Bertz CT molecular complexity index is 460. The van der Waals surface area contributed by atoms with Crippen molar-refractivity contribution in [3.8, 4) is 0 Å². The number of hydrogen-bond donors (Lipinski definition) is 0. The first-order valence-electron chi connectivity index (χ1n) is 6.82. The van der Waals surface area contributed by atoms with E-state index in [0.717, 1.165) is 12.8 Å². The molecule has 2 fully saturated rings. The van der Waals surface area contributed by atoms with Crippen molar-refractivity contribution in [2.24, 2.45) is 0 Å². The summed E-state index contributed by atoms with van der Waals surface area (Å²) < 4.78 is 5.64. The third-order valence-corrected chi connectivity index (χ3v) is 4.66. The van der Waals surface area contributed by atoms with Crippen LogP contribution in [0.1, 0.15) is 36.0 Å². The summed E-state index contributed by atoms with van der Waals surface area (Å²) in [6, 6.07) is 8.04. The number of carbonyl (C=O) groups excluding carboxylic acids is 1. The zero-order valence-electron chi connectivity index (χ0n) is 11.0. The van der Waals surface area contributed by atoms with Gasteiger partial charge in [0.1, 0.15) is 6.10 Å². The molecule has 2 atom stereocenters. The minimum atomic E-state index is -0.231. The molecule has 0 radical (unpaired) electrons. The van der Waals surface area contributed by atoms with E-state index in [1.807, 2.05) is 0 Å². The van der Waals surface area contributed by atoms with E-state index in [4.69, 9.17) is 16.3 Å². The molecule has 0 aliphatic carbocycles. The molecule has 0 unspecified atom stereocenters. The number of halogens is 1. The van der Waals surface area contributed by atoms with Crippen LogP contribution in [0.5, 0.6) is 0 Å². The number of fused-ring (bicyclic) bond motifs is 2. The summed E-state index contributed by atoms with van der Waals surface area (Å²) in [7, 11) is 2.18. The first kappa shape index (κ1) is 12.9. The second-order valence-electron chi connectivity index (χ2n) is 5.56. The number of hydrogen-bond acceptors (Lipinski definition) is 3. The van der Waals surface area contributed by atoms with Crippen LogP contribution in [-0.2, 0) is 4.74 Å². The third-order valence-electron chi connectivity index (χ3n) is 4.41. The summed E-state index contributed by atoms with van der Waals surface area (Å²) >= 11 is 5.81. The van der Waals surface area contributed by atoms with Crippen molar-refractivity contribution in [1.82, 2.24) is 4.90 Å². The van der Waals surface area contributed by atoms with Gasteiger partial charge in [0.15, 0.2) is 0 Å². The molecule has 0 N–H and O–H groups in total. The predicted molar refractivity (Wildman–Crippen MR) is 74.5 cm³/mol. The van der Waals surface area contributed by atoms with Crippen LogP contribution < -0.4 is 0 Å². The zero-order chi connectivity index (χ0) is 13.4. The average Bonchev–Trinajstić information content (AvgIpc) is 2.63. The second-order valence-corrected chi connectivity index (χ2v) is 5.99. The van der Waals surface area contributed by atoms with Crippen LogP contribution in [0.2, 0.25) is 5.02 Å². The van der Waals surface area contributed by atoms with E-state index in [-0.39, 0.29) is 12.1 Å². The van der Waals surface area contributed by atoms with Crippen molar-refractivity contribution in [2.75, 3.05) is 7.05 Å². The number of benzene rings is 1. The van der Waals surface area contributed by atoms with Crippen molar-refractivity contribution in [3.05, 3.63) is 34.9 Å². The van der Waals surface area contributed by atoms with Gasteiger partial charge in [-0.15, -0.1) is 0 Å². The number of esters is 1. The van der Waals surface area contributed by atoms with Crippen molar-refractivity contribution < 1.29 is 9.53 Å². The largest absolute Gasteiger partial charge is 0.459 e. The molecule has 0 saturated carbocycles. The molecule has 3 nitrogen and oxygen atoms in total. The highest BCUT2D eigenvalue weighted by molar-refractivity contribution is 6.30. The number of piperidine rings is 1. The first-order valence-corrected chi connectivity index (χ1v) is 7.20. The van der Waals surface area contributed by atoms with Crippen molar-refractivity contribution in [3.63, 3.8) is 0 Å². The Morgan fingerprint density at radius 3 is 2.37 bits per heavy atom. The van der Waals surface area contributed by atoms with Crippen LogP contribution in [-0.4, -0.2) is 36.1 Å². The van der Waals surface area contributed by atoms with E-state index in [9.17, 15) is 4.79 Å². The zero-order valence-corrected chi connectivity index (χ0v) is 11.8. The maximum Gasteiger partial charge on any atom is 0.338 e. The van der Waals surface area contributed by atoms with Gasteiger partial charge < -0.3 is 9.64 Å². The Hall–Kier alpha value is -1.06. The highest BCUT2D eigenvalue weighted by Gasteiger charge is 2.39. The topological polar surface area (TPSA) is 29.5 Å². The molecule has 2 saturated heterocycles. The van der Waals surface area contributed by atoms with Gasteiger partial charge in [-0.05, 0) is 44.2 Å². The molecular formula is C15H18ClNO2. The monoisotopic (exact) mass is 279 g/mol. The molecule has 2 aliphatic heterocycles. The summed E-state index contributed by atoms with van der Waals surface area (Å²) in [5, 5.41) is 0.633. The number of ether oxygens (including phenoxy) is 1. The van der Waals surface area contributed by atoms with E-state index >= 15 is 0 Å². The van der Waals surface area contributed by atoms with Gasteiger partial charge in [-0.3, -0.25) is 0 Å². The van der Waals surface area contributed by atoms with Crippen molar-refractivity contribution in [2.45, 2.75) is 43.9 Å². The fraction of sp³-hybridized carbons (Fsp3) is 0.533. The van der Waals surface area contributed by atoms with Gasteiger partial charge in [0, 0.05) is 29.9 Å². The van der Waals surface area contributed by atoms with Crippen LogP contribution in [0.4, 0.5) is 0 Å². The fourth-order valence-corrected chi connectivity index (χ4v) is 3.39. The molecule has 0 amide bonds. The molecule has 4 heteroatoms. The molecule has 0 spiro atoms. The highest BCUT2D eigenvalue weighted by atomic mass is 35.5. The standard InChI is InChI=1S/C15H18ClNO2/c1-17-12-6-7-13(17)9-14(8-12)19-15(18)10-2-4-11(16)5-3-10/h2-5,12-14H,6-9H2,1H3/t12-,13-/m0/s1. The Morgan fingerprint density at radius 2 is 1.79 bits per heavy atom. The summed E-state index contributed by atoms with van der Waals surface area (Å²) in [5.74, 6) is -0.231. The molecule has 1 aromatic rings. The van der Waals surface area contributed by atoms with Gasteiger partial charge in [0.2, 0.25) is 0 Å². The van der Waals surface area contributed by atoms with E-state index in [1.165, 1.54) is 12.8 Å². The predicted octanol–water partition coefficient (Wildman–Crippen LogP) is 3.12. The first-order chi connectivity index (χ1) is 9.13. The lowest BCUT2D eigenvalue weighted by Gasteiger charge is -2.35. The van der Waals surface area contributed by atoms with Crippen LogP contribution in [0.25, 0.3) is 0 Å².